The number of phenols is 2. The standard InChI is InChI=1S/C27H19N3O11S2/c31-17-9-22(26(34)28-15-1-3-20-13(5-15)7-18(11-24(20)32)42(36,37)38)30-23(10-17)27(35)29-16-2-4-21-14(6-16)8-19(12-25(21)33)43(39,40)41/h1-12,32-33H,(H,28,34)(H,29,35)(H,30,31)(H,36,37,38)(H,39,40,41). The predicted octanol–water partition coefficient (Wildman–Crippen LogP) is 3.09. The highest BCUT2D eigenvalue weighted by Crippen LogP contribution is 2.32. The monoisotopic (exact) mass is 625 g/mol. The lowest BCUT2D eigenvalue weighted by molar-refractivity contribution is 0.101. The van der Waals surface area contributed by atoms with Crippen molar-refractivity contribution >= 4 is 65.0 Å². The molecule has 5 aromatic rings. The number of hydrogen-bond donors (Lipinski definition) is 7. The number of anilines is 2. The van der Waals surface area contributed by atoms with E-state index >= 15 is 0 Å². The molecule has 0 unspecified atom stereocenters. The zero-order chi connectivity index (χ0) is 31.3. The van der Waals surface area contributed by atoms with Gasteiger partial charge in [-0.2, -0.15) is 16.8 Å². The summed E-state index contributed by atoms with van der Waals surface area (Å²) in [6, 6.07) is 14.0. The smallest absolute Gasteiger partial charge is 0.294 e. The molecular formula is C27H19N3O11S2. The van der Waals surface area contributed by atoms with Crippen LogP contribution in [0, 0.1) is 0 Å². The number of benzene rings is 4. The molecule has 4 aromatic carbocycles. The number of rotatable bonds is 6. The van der Waals surface area contributed by atoms with Gasteiger partial charge >= 0.3 is 0 Å². The Morgan fingerprint density at radius 2 is 1.00 bits per heavy atom. The van der Waals surface area contributed by atoms with Gasteiger partial charge < -0.3 is 25.8 Å². The average Bonchev–Trinajstić information content (AvgIpc) is 2.91. The van der Waals surface area contributed by atoms with Crippen LogP contribution in [0.3, 0.4) is 0 Å². The van der Waals surface area contributed by atoms with Gasteiger partial charge in [0.05, 0.1) is 9.79 Å². The molecule has 0 aliphatic carbocycles. The second kappa shape index (κ2) is 10.5. The summed E-state index contributed by atoms with van der Waals surface area (Å²) in [7, 11) is -9.25. The molecule has 7 N–H and O–H groups in total. The van der Waals surface area contributed by atoms with Crippen molar-refractivity contribution < 1.29 is 45.7 Å². The zero-order valence-electron chi connectivity index (χ0n) is 21.4. The summed E-state index contributed by atoms with van der Waals surface area (Å²) in [6.45, 7) is 0. The fourth-order valence-corrected chi connectivity index (χ4v) is 5.36. The number of aromatic amines is 1. The summed E-state index contributed by atoms with van der Waals surface area (Å²) in [6.07, 6.45) is 0. The van der Waals surface area contributed by atoms with E-state index in [2.05, 4.69) is 15.6 Å². The minimum absolute atomic E-state index is 0.128. The van der Waals surface area contributed by atoms with Crippen molar-refractivity contribution in [3.63, 3.8) is 0 Å². The molecule has 0 spiro atoms. The lowest BCUT2D eigenvalue weighted by atomic mass is 10.1. The third-order valence-corrected chi connectivity index (χ3v) is 7.91. The van der Waals surface area contributed by atoms with Gasteiger partial charge in [0.25, 0.3) is 32.1 Å². The van der Waals surface area contributed by atoms with E-state index in [1.54, 1.807) is 0 Å². The molecule has 0 atom stereocenters. The van der Waals surface area contributed by atoms with Crippen molar-refractivity contribution in [3.05, 3.63) is 94.4 Å². The van der Waals surface area contributed by atoms with Gasteiger partial charge in [0.15, 0.2) is 5.43 Å². The van der Waals surface area contributed by atoms with E-state index in [9.17, 15) is 50.5 Å². The Kier molecular flexibility index (Phi) is 7.15. The summed E-state index contributed by atoms with van der Waals surface area (Å²) >= 11 is 0. The average molecular weight is 626 g/mol. The first kappa shape index (κ1) is 29.2. The first-order valence-corrected chi connectivity index (χ1v) is 14.8. The Morgan fingerprint density at radius 1 is 0.605 bits per heavy atom. The summed E-state index contributed by atoms with van der Waals surface area (Å²) in [5, 5.41) is 26.0. The maximum atomic E-state index is 12.9. The number of hydrogen-bond acceptors (Lipinski definition) is 9. The number of pyridine rings is 1. The summed E-state index contributed by atoms with van der Waals surface area (Å²) in [5.41, 5.74) is -1.06. The number of aromatic hydroxyl groups is 2. The molecule has 220 valence electrons. The van der Waals surface area contributed by atoms with Gasteiger partial charge in [-0.15, -0.1) is 0 Å². The van der Waals surface area contributed by atoms with Crippen molar-refractivity contribution in [2.24, 2.45) is 0 Å². The maximum absolute atomic E-state index is 12.9. The molecule has 16 heteroatoms. The minimum Gasteiger partial charge on any atom is -0.507 e. The Balaban J connectivity index is 1.40. The van der Waals surface area contributed by atoms with Crippen LogP contribution in [0.5, 0.6) is 11.5 Å². The SMILES string of the molecule is O=C(Nc1ccc2c(O)cc(S(=O)(=O)O)cc2c1)c1cc(=O)cc(C(=O)Nc2ccc3c(O)cc(S(=O)(=O)O)cc3c2)[nH]1. The molecule has 0 saturated heterocycles. The number of phenolic OH excluding ortho intramolecular Hbond substituents is 2. The second-order valence-electron chi connectivity index (χ2n) is 9.26. The Labute approximate surface area is 241 Å². The van der Waals surface area contributed by atoms with E-state index in [1.165, 1.54) is 36.4 Å². The maximum Gasteiger partial charge on any atom is 0.294 e. The fourth-order valence-electron chi connectivity index (χ4n) is 4.28. The number of fused-ring (bicyclic) bond motifs is 2. The molecule has 43 heavy (non-hydrogen) atoms. The van der Waals surface area contributed by atoms with Gasteiger partial charge in [0.2, 0.25) is 0 Å². The molecule has 14 nitrogen and oxygen atoms in total. The van der Waals surface area contributed by atoms with Crippen LogP contribution in [0.15, 0.2) is 87.4 Å². The molecule has 0 radical (unpaired) electrons. The van der Waals surface area contributed by atoms with E-state index in [0.717, 1.165) is 36.4 Å². The highest BCUT2D eigenvalue weighted by molar-refractivity contribution is 7.86. The van der Waals surface area contributed by atoms with Crippen LogP contribution in [-0.2, 0) is 20.2 Å². The van der Waals surface area contributed by atoms with Crippen molar-refractivity contribution in [3.8, 4) is 11.5 Å². The first-order valence-electron chi connectivity index (χ1n) is 11.9. The van der Waals surface area contributed by atoms with Crippen molar-refractivity contribution in [2.75, 3.05) is 10.6 Å². The molecule has 2 amide bonds. The lowest BCUT2D eigenvalue weighted by Crippen LogP contribution is -2.22. The van der Waals surface area contributed by atoms with Crippen LogP contribution in [0.1, 0.15) is 21.0 Å². The molecule has 1 heterocycles. The molecule has 0 saturated carbocycles. The molecule has 0 aliphatic rings. The van der Waals surface area contributed by atoms with E-state index in [-0.39, 0.29) is 44.3 Å². The third-order valence-electron chi connectivity index (χ3n) is 6.25. The Bertz CT molecular complexity index is 2120. The van der Waals surface area contributed by atoms with Gasteiger partial charge in [-0.05, 0) is 59.3 Å². The van der Waals surface area contributed by atoms with Crippen molar-refractivity contribution in [1.82, 2.24) is 4.98 Å². The van der Waals surface area contributed by atoms with Gasteiger partial charge in [0.1, 0.15) is 22.9 Å². The number of carbonyl (C=O) groups is 2. The van der Waals surface area contributed by atoms with Crippen LogP contribution < -0.4 is 16.1 Å². The van der Waals surface area contributed by atoms with Crippen LogP contribution in [0.2, 0.25) is 0 Å². The number of carbonyl (C=O) groups excluding carboxylic acids is 2. The van der Waals surface area contributed by atoms with Crippen LogP contribution in [-0.4, -0.2) is 53.0 Å². The van der Waals surface area contributed by atoms with E-state index < -0.39 is 58.8 Å². The van der Waals surface area contributed by atoms with Gasteiger partial charge in [-0.25, -0.2) is 0 Å². The first-order chi connectivity index (χ1) is 20.1. The zero-order valence-corrected chi connectivity index (χ0v) is 23.0. The number of amides is 2. The number of aromatic nitrogens is 1. The van der Waals surface area contributed by atoms with Crippen LogP contribution in [0.4, 0.5) is 11.4 Å². The van der Waals surface area contributed by atoms with Crippen LogP contribution >= 0.6 is 0 Å². The quantitative estimate of drug-likeness (QED) is 0.135. The third kappa shape index (κ3) is 6.16. The Morgan fingerprint density at radius 3 is 1.37 bits per heavy atom. The number of nitrogens with one attached hydrogen (secondary N) is 3. The topological polar surface area (TPSA) is 240 Å². The predicted molar refractivity (Wildman–Crippen MR) is 154 cm³/mol. The highest BCUT2D eigenvalue weighted by Gasteiger charge is 2.17. The molecular weight excluding hydrogens is 606 g/mol. The largest absolute Gasteiger partial charge is 0.507 e. The number of H-pyrrole nitrogens is 1. The molecule has 1 aromatic heterocycles. The molecule has 0 bridgehead atoms. The van der Waals surface area contributed by atoms with E-state index in [1.807, 2.05) is 0 Å². The normalized spacial score (nSPS) is 11.9. The van der Waals surface area contributed by atoms with Gasteiger partial charge in [0, 0.05) is 46.4 Å². The molecule has 0 aliphatic heterocycles. The van der Waals surface area contributed by atoms with E-state index in [0.29, 0.717) is 0 Å². The molecule has 5 rings (SSSR count). The van der Waals surface area contributed by atoms with Gasteiger partial charge in [-0.3, -0.25) is 23.5 Å². The van der Waals surface area contributed by atoms with Crippen molar-refractivity contribution in [1.29, 1.82) is 0 Å². The lowest BCUT2D eigenvalue weighted by Gasteiger charge is -2.11. The van der Waals surface area contributed by atoms with Gasteiger partial charge in [-0.1, -0.05) is 0 Å². The van der Waals surface area contributed by atoms with Crippen LogP contribution in [0.25, 0.3) is 21.5 Å². The fraction of sp³-hybridized carbons (Fsp3) is 0. The second-order valence-corrected chi connectivity index (χ2v) is 12.1. The Hall–Kier alpha value is -5.29. The highest BCUT2D eigenvalue weighted by atomic mass is 32.2. The summed E-state index contributed by atoms with van der Waals surface area (Å²) < 4.78 is 64.6. The minimum atomic E-state index is -4.63. The van der Waals surface area contributed by atoms with Crippen molar-refractivity contribution in [2.45, 2.75) is 9.79 Å². The molecule has 0 fully saturated rings. The van der Waals surface area contributed by atoms with E-state index in [4.69, 9.17) is 0 Å². The summed E-state index contributed by atoms with van der Waals surface area (Å²) in [4.78, 5) is 39.6. The summed E-state index contributed by atoms with van der Waals surface area (Å²) in [5.74, 6) is -2.54.